The molecule has 24 heavy (non-hydrogen) atoms. The minimum atomic E-state index is -5.67. The molecule has 1 rings (SSSR count). The Morgan fingerprint density at radius 2 is 1.50 bits per heavy atom. The molecule has 0 fully saturated rings. The van der Waals surface area contributed by atoms with Gasteiger partial charge in [-0.25, -0.2) is 0 Å². The van der Waals surface area contributed by atoms with Crippen LogP contribution in [0.1, 0.15) is 44.2 Å². The quantitative estimate of drug-likeness (QED) is 0.567. The third kappa shape index (κ3) is 3.63. The first-order valence-corrected chi connectivity index (χ1v) is 7.36. The molecule has 2 nitrogen and oxygen atoms in total. The zero-order valence-corrected chi connectivity index (χ0v) is 13.8. The number of ether oxygens (including phenoxy) is 1. The normalized spacial score (nSPS) is 15.0. The maximum atomic E-state index is 13.3. The molecule has 0 aliphatic rings. The van der Waals surface area contributed by atoms with Gasteiger partial charge in [-0.2, -0.15) is 26.3 Å². The summed E-state index contributed by atoms with van der Waals surface area (Å²) in [6.45, 7) is 5.52. The summed E-state index contributed by atoms with van der Waals surface area (Å²) in [4.78, 5) is 0. The van der Waals surface area contributed by atoms with E-state index in [1.54, 1.807) is 6.92 Å². The molecular weight excluding hydrogens is 336 g/mol. The lowest BCUT2D eigenvalue weighted by Crippen LogP contribution is -2.55. The van der Waals surface area contributed by atoms with Gasteiger partial charge in [-0.1, -0.05) is 26.8 Å². The number of alkyl halides is 6. The molecule has 0 radical (unpaired) electrons. The van der Waals surface area contributed by atoms with Crippen LogP contribution in [-0.2, 0) is 10.3 Å². The number of anilines is 1. The van der Waals surface area contributed by atoms with Crippen molar-refractivity contribution in [1.82, 2.24) is 0 Å². The van der Waals surface area contributed by atoms with Gasteiger partial charge in [0, 0.05) is 18.4 Å². The monoisotopic (exact) mass is 357 g/mol. The second kappa shape index (κ2) is 6.82. The van der Waals surface area contributed by atoms with Gasteiger partial charge in [-0.15, -0.1) is 0 Å². The van der Waals surface area contributed by atoms with E-state index in [2.05, 4.69) is 4.74 Å². The lowest BCUT2D eigenvalue weighted by Gasteiger charge is -2.36. The highest BCUT2D eigenvalue weighted by atomic mass is 19.4. The highest BCUT2D eigenvalue weighted by Gasteiger charge is 2.73. The lowest BCUT2D eigenvalue weighted by molar-refractivity contribution is -0.383. The third-order valence-electron chi connectivity index (χ3n) is 3.95. The van der Waals surface area contributed by atoms with Gasteiger partial charge in [0.1, 0.15) is 0 Å². The number of halogens is 6. The van der Waals surface area contributed by atoms with Crippen molar-refractivity contribution in [3.63, 3.8) is 0 Å². The highest BCUT2D eigenvalue weighted by Crippen LogP contribution is 2.53. The van der Waals surface area contributed by atoms with Crippen molar-refractivity contribution in [3.05, 3.63) is 29.3 Å². The third-order valence-corrected chi connectivity index (χ3v) is 3.95. The fourth-order valence-electron chi connectivity index (χ4n) is 2.89. The van der Waals surface area contributed by atoms with Crippen LogP contribution in [0.3, 0.4) is 0 Å². The Morgan fingerprint density at radius 1 is 1.00 bits per heavy atom. The van der Waals surface area contributed by atoms with Crippen LogP contribution in [0.15, 0.2) is 18.2 Å². The van der Waals surface area contributed by atoms with Gasteiger partial charge in [0.25, 0.3) is 5.60 Å². The standard InChI is InChI=1S/C16H21F6NO/c1-9(2)7-10(3)12-8-11(5-6-13(12)23)14(24-4,15(17,18)19)16(20,21)22/h5-6,8-10H,7,23H2,1-4H3. The molecule has 138 valence electrons. The maximum Gasteiger partial charge on any atom is 0.430 e. The Bertz CT molecular complexity index is 551. The Hall–Kier alpha value is -1.44. The van der Waals surface area contributed by atoms with Crippen LogP contribution in [0.25, 0.3) is 0 Å². The lowest BCUT2D eigenvalue weighted by atomic mass is 9.85. The van der Waals surface area contributed by atoms with Gasteiger partial charge < -0.3 is 10.5 Å². The summed E-state index contributed by atoms with van der Waals surface area (Å²) < 4.78 is 84.0. The molecule has 0 amide bonds. The predicted molar refractivity (Wildman–Crippen MR) is 79.5 cm³/mol. The van der Waals surface area contributed by atoms with Crippen molar-refractivity contribution in [3.8, 4) is 0 Å². The Kier molecular flexibility index (Phi) is 5.85. The van der Waals surface area contributed by atoms with Gasteiger partial charge in [-0.3, -0.25) is 0 Å². The molecule has 0 bridgehead atoms. The first-order valence-electron chi connectivity index (χ1n) is 7.36. The molecule has 2 N–H and O–H groups in total. The van der Waals surface area contributed by atoms with Crippen LogP contribution >= 0.6 is 0 Å². The molecular formula is C16H21F6NO. The van der Waals surface area contributed by atoms with E-state index in [0.717, 1.165) is 12.1 Å². The summed E-state index contributed by atoms with van der Waals surface area (Å²) >= 11 is 0. The average Bonchev–Trinajstić information content (AvgIpc) is 2.37. The summed E-state index contributed by atoms with van der Waals surface area (Å²) in [5.74, 6) is -0.0820. The summed E-state index contributed by atoms with van der Waals surface area (Å²) in [5.41, 5.74) is 0.754. The molecule has 0 aliphatic carbocycles. The summed E-state index contributed by atoms with van der Waals surface area (Å²) in [6.07, 6.45) is -10.8. The number of hydrogen-bond donors (Lipinski definition) is 1. The van der Waals surface area contributed by atoms with Crippen LogP contribution < -0.4 is 5.73 Å². The van der Waals surface area contributed by atoms with Crippen LogP contribution in [0.4, 0.5) is 32.0 Å². The van der Waals surface area contributed by atoms with Crippen molar-refractivity contribution >= 4 is 5.69 Å². The maximum absolute atomic E-state index is 13.3. The molecule has 0 heterocycles. The van der Waals surface area contributed by atoms with Crippen LogP contribution in [0.5, 0.6) is 0 Å². The zero-order valence-electron chi connectivity index (χ0n) is 13.8. The van der Waals surface area contributed by atoms with E-state index in [1.807, 2.05) is 13.8 Å². The molecule has 1 aromatic carbocycles. The molecule has 0 spiro atoms. The number of rotatable bonds is 5. The van der Waals surface area contributed by atoms with Crippen LogP contribution in [0, 0.1) is 5.92 Å². The van der Waals surface area contributed by atoms with Gasteiger partial charge in [0.05, 0.1) is 0 Å². The van der Waals surface area contributed by atoms with Crippen molar-refractivity contribution in [2.24, 2.45) is 5.92 Å². The van der Waals surface area contributed by atoms with Crippen LogP contribution in [0.2, 0.25) is 0 Å². The molecule has 0 aliphatic heterocycles. The van der Waals surface area contributed by atoms with E-state index in [-0.39, 0.29) is 23.1 Å². The average molecular weight is 357 g/mol. The second-order valence-electron chi connectivity index (χ2n) is 6.26. The minimum absolute atomic E-state index is 0.154. The van der Waals surface area contributed by atoms with E-state index in [0.29, 0.717) is 19.6 Å². The summed E-state index contributed by atoms with van der Waals surface area (Å²) in [6, 6.07) is 2.63. The number of benzene rings is 1. The Morgan fingerprint density at radius 3 is 1.88 bits per heavy atom. The van der Waals surface area contributed by atoms with E-state index in [9.17, 15) is 26.3 Å². The van der Waals surface area contributed by atoms with Gasteiger partial charge in [0.15, 0.2) is 0 Å². The summed E-state index contributed by atoms with van der Waals surface area (Å²) in [5, 5.41) is 0. The Labute approximate surface area is 137 Å². The first kappa shape index (κ1) is 20.6. The van der Waals surface area contributed by atoms with Crippen molar-refractivity contribution in [2.75, 3.05) is 12.8 Å². The molecule has 1 atom stereocenters. The van der Waals surface area contributed by atoms with Crippen molar-refractivity contribution in [2.45, 2.75) is 51.1 Å². The fraction of sp³-hybridized carbons (Fsp3) is 0.625. The first-order chi connectivity index (χ1) is 10.8. The fourth-order valence-corrected chi connectivity index (χ4v) is 2.89. The molecule has 1 unspecified atom stereocenters. The topological polar surface area (TPSA) is 35.2 Å². The van der Waals surface area contributed by atoms with E-state index in [1.165, 1.54) is 0 Å². The smallest absolute Gasteiger partial charge is 0.398 e. The van der Waals surface area contributed by atoms with Crippen molar-refractivity contribution < 1.29 is 31.1 Å². The minimum Gasteiger partial charge on any atom is -0.398 e. The van der Waals surface area contributed by atoms with Crippen molar-refractivity contribution in [1.29, 1.82) is 0 Å². The molecule has 0 aromatic heterocycles. The molecule has 1 aromatic rings. The zero-order chi connectivity index (χ0) is 18.9. The molecule has 0 saturated heterocycles. The van der Waals surface area contributed by atoms with E-state index >= 15 is 0 Å². The number of methoxy groups -OCH3 is 1. The molecule has 0 saturated carbocycles. The SMILES string of the molecule is COC(c1ccc(N)c(C(C)CC(C)C)c1)(C(F)(F)F)C(F)(F)F. The second-order valence-corrected chi connectivity index (χ2v) is 6.26. The van der Waals surface area contributed by atoms with Gasteiger partial charge in [-0.05, 0) is 36.0 Å². The Balaban J connectivity index is 3.57. The van der Waals surface area contributed by atoms with E-state index < -0.39 is 23.5 Å². The summed E-state index contributed by atoms with van der Waals surface area (Å²) in [7, 11) is 0.397. The number of nitrogen functional groups attached to an aromatic ring is 1. The van der Waals surface area contributed by atoms with Crippen LogP contribution in [-0.4, -0.2) is 19.5 Å². The highest BCUT2D eigenvalue weighted by molar-refractivity contribution is 5.52. The molecule has 8 heteroatoms. The van der Waals surface area contributed by atoms with Gasteiger partial charge >= 0.3 is 12.4 Å². The number of hydrogen-bond acceptors (Lipinski definition) is 2. The van der Waals surface area contributed by atoms with E-state index in [4.69, 9.17) is 5.73 Å². The number of nitrogens with two attached hydrogens (primary N) is 1. The van der Waals surface area contributed by atoms with Gasteiger partial charge in [0.2, 0.25) is 0 Å². The largest absolute Gasteiger partial charge is 0.430 e. The predicted octanol–water partition coefficient (Wildman–Crippen LogP) is 5.38.